The van der Waals surface area contributed by atoms with E-state index in [2.05, 4.69) is 21.2 Å². The van der Waals surface area contributed by atoms with Gasteiger partial charge in [0.25, 0.3) is 0 Å². The molecule has 1 aliphatic carbocycles. The highest BCUT2D eigenvalue weighted by Gasteiger charge is 2.29. The van der Waals surface area contributed by atoms with Crippen LogP contribution in [0.1, 0.15) is 25.7 Å². The number of carbonyl (C=O) groups is 1. The summed E-state index contributed by atoms with van der Waals surface area (Å²) in [5, 5.41) is 3.04. The summed E-state index contributed by atoms with van der Waals surface area (Å²) in [6.45, 7) is 1.50. The van der Waals surface area contributed by atoms with Gasteiger partial charge in [0, 0.05) is 17.1 Å². The standard InChI is InChI=1S/C15H19BrN2O2/c16-11-3-1-4-13(9-11)20-14-5-2-8-18(10-14)15(19)17-12-6-7-12/h1,3-4,9,12,14H,2,5-8,10H2,(H,17,19). The van der Waals surface area contributed by atoms with Crippen LogP contribution in [0.3, 0.4) is 0 Å². The van der Waals surface area contributed by atoms with Crippen molar-refractivity contribution < 1.29 is 9.53 Å². The maximum atomic E-state index is 12.1. The van der Waals surface area contributed by atoms with Crippen LogP contribution in [0.4, 0.5) is 4.79 Å². The molecule has 108 valence electrons. The Labute approximate surface area is 127 Å². The Morgan fingerprint density at radius 3 is 2.95 bits per heavy atom. The minimum atomic E-state index is 0.0649. The van der Waals surface area contributed by atoms with Crippen LogP contribution in [0, 0.1) is 0 Å². The Kier molecular flexibility index (Phi) is 4.15. The lowest BCUT2D eigenvalue weighted by molar-refractivity contribution is 0.101. The summed E-state index contributed by atoms with van der Waals surface area (Å²) in [6, 6.07) is 8.32. The fourth-order valence-corrected chi connectivity index (χ4v) is 2.82. The van der Waals surface area contributed by atoms with E-state index in [1.807, 2.05) is 29.2 Å². The summed E-state index contributed by atoms with van der Waals surface area (Å²) >= 11 is 3.44. The fourth-order valence-electron chi connectivity index (χ4n) is 2.45. The molecule has 1 heterocycles. The van der Waals surface area contributed by atoms with Crippen LogP contribution in [0.25, 0.3) is 0 Å². The predicted molar refractivity (Wildman–Crippen MR) is 80.9 cm³/mol. The number of benzene rings is 1. The SMILES string of the molecule is O=C(NC1CC1)N1CCCC(Oc2cccc(Br)c2)C1. The number of hydrogen-bond donors (Lipinski definition) is 1. The molecule has 1 aliphatic heterocycles. The minimum absolute atomic E-state index is 0.0649. The van der Waals surface area contributed by atoms with Gasteiger partial charge in [-0.1, -0.05) is 22.0 Å². The molecule has 0 aromatic heterocycles. The van der Waals surface area contributed by atoms with Crippen molar-refractivity contribution in [1.82, 2.24) is 10.2 Å². The van der Waals surface area contributed by atoms with Gasteiger partial charge in [-0.2, -0.15) is 0 Å². The summed E-state index contributed by atoms with van der Waals surface area (Å²) in [5.41, 5.74) is 0. The van der Waals surface area contributed by atoms with Gasteiger partial charge in [0.1, 0.15) is 11.9 Å². The molecule has 0 bridgehead atoms. The van der Waals surface area contributed by atoms with E-state index in [0.29, 0.717) is 12.6 Å². The first-order valence-electron chi connectivity index (χ1n) is 7.18. The number of carbonyl (C=O) groups excluding carboxylic acids is 1. The molecule has 0 radical (unpaired) electrons. The number of rotatable bonds is 3. The van der Waals surface area contributed by atoms with Crippen LogP contribution in [0.2, 0.25) is 0 Å². The molecule has 5 heteroatoms. The lowest BCUT2D eigenvalue weighted by Gasteiger charge is -2.33. The number of nitrogens with one attached hydrogen (secondary N) is 1. The third-order valence-corrected chi connectivity index (χ3v) is 4.16. The molecule has 1 saturated heterocycles. The second kappa shape index (κ2) is 6.04. The van der Waals surface area contributed by atoms with Gasteiger partial charge in [-0.15, -0.1) is 0 Å². The Morgan fingerprint density at radius 2 is 2.20 bits per heavy atom. The van der Waals surface area contributed by atoms with Gasteiger partial charge >= 0.3 is 6.03 Å². The zero-order valence-electron chi connectivity index (χ0n) is 11.3. The van der Waals surface area contributed by atoms with E-state index in [4.69, 9.17) is 4.74 Å². The molecule has 1 aromatic carbocycles. The normalized spacial score (nSPS) is 22.4. The summed E-state index contributed by atoms with van der Waals surface area (Å²) in [7, 11) is 0. The number of urea groups is 1. The minimum Gasteiger partial charge on any atom is -0.489 e. The second-order valence-electron chi connectivity index (χ2n) is 5.51. The molecular formula is C15H19BrN2O2. The highest BCUT2D eigenvalue weighted by atomic mass is 79.9. The van der Waals surface area contributed by atoms with Crippen molar-refractivity contribution in [2.75, 3.05) is 13.1 Å². The van der Waals surface area contributed by atoms with Crippen LogP contribution in [0.15, 0.2) is 28.7 Å². The maximum Gasteiger partial charge on any atom is 0.317 e. The van der Waals surface area contributed by atoms with Gasteiger partial charge in [0.05, 0.1) is 6.54 Å². The number of amides is 2. The molecule has 2 fully saturated rings. The molecule has 1 saturated carbocycles. The molecule has 1 N–H and O–H groups in total. The zero-order chi connectivity index (χ0) is 13.9. The average molecular weight is 339 g/mol. The van der Waals surface area contributed by atoms with E-state index < -0.39 is 0 Å². The van der Waals surface area contributed by atoms with Gasteiger partial charge in [0.15, 0.2) is 0 Å². The Balaban J connectivity index is 1.55. The van der Waals surface area contributed by atoms with Crippen LogP contribution >= 0.6 is 15.9 Å². The van der Waals surface area contributed by atoms with Crippen molar-refractivity contribution in [1.29, 1.82) is 0 Å². The molecule has 20 heavy (non-hydrogen) atoms. The van der Waals surface area contributed by atoms with Gasteiger partial charge < -0.3 is 15.0 Å². The van der Waals surface area contributed by atoms with E-state index in [1.165, 1.54) is 0 Å². The Morgan fingerprint density at radius 1 is 1.35 bits per heavy atom. The smallest absolute Gasteiger partial charge is 0.317 e. The van der Waals surface area contributed by atoms with E-state index in [9.17, 15) is 4.79 Å². The summed E-state index contributed by atoms with van der Waals surface area (Å²) in [6.07, 6.45) is 4.33. The van der Waals surface area contributed by atoms with Crippen molar-refractivity contribution in [3.05, 3.63) is 28.7 Å². The third-order valence-electron chi connectivity index (χ3n) is 3.67. The van der Waals surface area contributed by atoms with Gasteiger partial charge in [0.2, 0.25) is 0 Å². The van der Waals surface area contributed by atoms with E-state index in [1.54, 1.807) is 0 Å². The number of halogens is 1. The van der Waals surface area contributed by atoms with Crippen LogP contribution < -0.4 is 10.1 Å². The molecule has 4 nitrogen and oxygen atoms in total. The molecule has 3 rings (SSSR count). The van der Waals surface area contributed by atoms with Crippen LogP contribution in [0.5, 0.6) is 5.75 Å². The first kappa shape index (κ1) is 13.7. The monoisotopic (exact) mass is 338 g/mol. The lowest BCUT2D eigenvalue weighted by atomic mass is 10.1. The molecule has 1 atom stereocenters. The fraction of sp³-hybridized carbons (Fsp3) is 0.533. The average Bonchev–Trinajstić information content (AvgIpc) is 3.23. The zero-order valence-corrected chi connectivity index (χ0v) is 12.9. The van der Waals surface area contributed by atoms with Crippen molar-refractivity contribution in [3.63, 3.8) is 0 Å². The molecule has 2 amide bonds. The highest BCUT2D eigenvalue weighted by molar-refractivity contribution is 9.10. The first-order valence-corrected chi connectivity index (χ1v) is 7.98. The number of nitrogens with zero attached hydrogens (tertiary/aromatic N) is 1. The Hall–Kier alpha value is -1.23. The summed E-state index contributed by atoms with van der Waals surface area (Å²) in [5.74, 6) is 0.855. The predicted octanol–water partition coefficient (Wildman–Crippen LogP) is 3.16. The second-order valence-corrected chi connectivity index (χ2v) is 6.42. The largest absolute Gasteiger partial charge is 0.489 e. The number of hydrogen-bond acceptors (Lipinski definition) is 2. The molecule has 1 aromatic rings. The third kappa shape index (κ3) is 3.66. The molecular weight excluding hydrogens is 320 g/mol. The highest BCUT2D eigenvalue weighted by Crippen LogP contribution is 2.23. The van der Waals surface area contributed by atoms with Crippen molar-refractivity contribution in [3.8, 4) is 5.75 Å². The van der Waals surface area contributed by atoms with E-state index in [0.717, 1.165) is 42.5 Å². The summed E-state index contributed by atoms with van der Waals surface area (Å²) in [4.78, 5) is 13.9. The molecule has 1 unspecified atom stereocenters. The van der Waals surface area contributed by atoms with Gasteiger partial charge in [-0.25, -0.2) is 4.79 Å². The maximum absolute atomic E-state index is 12.1. The molecule has 0 spiro atoms. The van der Waals surface area contributed by atoms with Gasteiger partial charge in [-0.3, -0.25) is 0 Å². The summed E-state index contributed by atoms with van der Waals surface area (Å²) < 4.78 is 6.99. The van der Waals surface area contributed by atoms with Crippen LogP contribution in [-0.2, 0) is 0 Å². The lowest BCUT2D eigenvalue weighted by Crippen LogP contribution is -2.49. The Bertz CT molecular complexity index is 491. The van der Waals surface area contributed by atoms with Gasteiger partial charge in [-0.05, 0) is 43.9 Å². The topological polar surface area (TPSA) is 41.6 Å². The number of ether oxygens (including phenoxy) is 1. The van der Waals surface area contributed by atoms with E-state index in [-0.39, 0.29) is 12.1 Å². The van der Waals surface area contributed by atoms with E-state index >= 15 is 0 Å². The van der Waals surface area contributed by atoms with Crippen molar-refractivity contribution >= 4 is 22.0 Å². The molecule has 2 aliphatic rings. The van der Waals surface area contributed by atoms with Crippen LogP contribution in [-0.4, -0.2) is 36.2 Å². The van der Waals surface area contributed by atoms with Crippen molar-refractivity contribution in [2.45, 2.75) is 37.8 Å². The quantitative estimate of drug-likeness (QED) is 0.919. The first-order chi connectivity index (χ1) is 9.70. The number of piperidine rings is 1. The van der Waals surface area contributed by atoms with Crippen molar-refractivity contribution in [2.24, 2.45) is 0 Å². The number of likely N-dealkylation sites (tertiary alicyclic amines) is 1.